The Hall–Kier alpha value is -3.81. The van der Waals surface area contributed by atoms with Crippen molar-refractivity contribution < 1.29 is 23.9 Å². The molecule has 2 aromatic rings. The van der Waals surface area contributed by atoms with Gasteiger partial charge in [-0.1, -0.05) is 6.08 Å². The summed E-state index contributed by atoms with van der Waals surface area (Å²) >= 11 is 0. The second kappa shape index (κ2) is 12.6. The molecule has 0 spiro atoms. The van der Waals surface area contributed by atoms with Crippen molar-refractivity contribution in [1.82, 2.24) is 16.0 Å². The van der Waals surface area contributed by atoms with Gasteiger partial charge in [0.05, 0.1) is 25.3 Å². The van der Waals surface area contributed by atoms with Crippen LogP contribution >= 0.6 is 0 Å². The zero-order valence-electron chi connectivity index (χ0n) is 21.5. The molecule has 0 atom stereocenters. The molecule has 35 heavy (non-hydrogen) atoms. The fourth-order valence-corrected chi connectivity index (χ4v) is 4.04. The van der Waals surface area contributed by atoms with Gasteiger partial charge in [0.25, 0.3) is 11.8 Å². The number of carbonyl (C=O) groups excluding carboxylic acids is 3. The first-order chi connectivity index (χ1) is 16.7. The summed E-state index contributed by atoms with van der Waals surface area (Å²) in [5.41, 5.74) is 4.88. The lowest BCUT2D eigenvalue weighted by Crippen LogP contribution is -2.20. The van der Waals surface area contributed by atoms with Crippen molar-refractivity contribution in [3.05, 3.63) is 63.7 Å². The van der Waals surface area contributed by atoms with Crippen LogP contribution in [0.2, 0.25) is 0 Å². The van der Waals surface area contributed by atoms with E-state index in [-0.39, 0.29) is 17.7 Å². The average Bonchev–Trinajstić information content (AvgIpc) is 2.86. The number of allylic oxidation sites excluding steroid dienone is 1. The van der Waals surface area contributed by atoms with Crippen molar-refractivity contribution in [2.75, 3.05) is 35.4 Å². The number of methoxy groups -OCH3 is 2. The Kier molecular flexibility index (Phi) is 9.87. The number of hydrogen-bond acceptors (Lipinski definition) is 5. The van der Waals surface area contributed by atoms with E-state index < -0.39 is 0 Å². The van der Waals surface area contributed by atoms with Gasteiger partial charge >= 0.3 is 0 Å². The van der Waals surface area contributed by atoms with Crippen molar-refractivity contribution in [3.63, 3.8) is 0 Å². The average molecular weight is 482 g/mol. The summed E-state index contributed by atoms with van der Waals surface area (Å²) in [6.45, 7) is 3.76. The van der Waals surface area contributed by atoms with Crippen molar-refractivity contribution >= 4 is 23.3 Å². The maximum Gasteiger partial charge on any atom is 0.254 e. The lowest BCUT2D eigenvalue weighted by atomic mass is 9.90. The molecule has 0 aromatic heterocycles. The third-order valence-corrected chi connectivity index (χ3v) is 5.76. The van der Waals surface area contributed by atoms with Crippen LogP contribution in [0.15, 0.2) is 30.3 Å². The number of carbonyl (C=O) groups is 3. The number of unbranched alkanes of at least 4 members (excludes halogenated alkanes) is 1. The fraction of sp³-hybridized carbons (Fsp3) is 0.370. The van der Waals surface area contributed by atoms with E-state index in [1.165, 1.54) is 14.2 Å². The summed E-state index contributed by atoms with van der Waals surface area (Å²) in [6, 6.07) is 7.48. The molecule has 0 radical (unpaired) electrons. The Morgan fingerprint density at radius 3 is 1.60 bits per heavy atom. The first-order valence-electron chi connectivity index (χ1n) is 11.4. The van der Waals surface area contributed by atoms with Crippen LogP contribution in [0.1, 0.15) is 62.2 Å². The number of amides is 3. The van der Waals surface area contributed by atoms with Crippen LogP contribution in [0, 0.1) is 13.8 Å². The number of hydrogen-bond donors (Lipinski definition) is 3. The van der Waals surface area contributed by atoms with Gasteiger partial charge in [0, 0.05) is 27.6 Å². The van der Waals surface area contributed by atoms with Crippen LogP contribution in [0.3, 0.4) is 0 Å². The topological polar surface area (TPSA) is 106 Å². The Labute approximate surface area is 207 Å². The van der Waals surface area contributed by atoms with Gasteiger partial charge in [-0.05, 0) is 78.8 Å². The zero-order valence-corrected chi connectivity index (χ0v) is 21.5. The van der Waals surface area contributed by atoms with Crippen LogP contribution in [0.4, 0.5) is 0 Å². The summed E-state index contributed by atoms with van der Waals surface area (Å²) in [7, 11) is 7.83. The SMILES string of the molecule is CNC(=O)CCCC=C(c1cc(C)c(OC)c(C(=O)NC)c1)c1cc(C)c(OC)c(C(=O)NC)c1. The molecular formula is C27H35N3O5. The van der Waals surface area contributed by atoms with E-state index in [0.717, 1.165) is 27.8 Å². The molecule has 0 heterocycles. The lowest BCUT2D eigenvalue weighted by molar-refractivity contribution is -0.120. The molecule has 2 aromatic carbocycles. The third-order valence-electron chi connectivity index (χ3n) is 5.76. The largest absolute Gasteiger partial charge is 0.496 e. The molecule has 0 aliphatic carbocycles. The molecule has 0 unspecified atom stereocenters. The van der Waals surface area contributed by atoms with Crippen LogP contribution < -0.4 is 25.4 Å². The second-order valence-corrected chi connectivity index (χ2v) is 8.09. The first-order valence-corrected chi connectivity index (χ1v) is 11.4. The van der Waals surface area contributed by atoms with Crippen molar-refractivity contribution in [2.45, 2.75) is 33.1 Å². The molecule has 3 amide bonds. The van der Waals surface area contributed by atoms with Gasteiger partial charge in [-0.25, -0.2) is 0 Å². The van der Waals surface area contributed by atoms with E-state index in [9.17, 15) is 14.4 Å². The second-order valence-electron chi connectivity index (χ2n) is 8.09. The number of rotatable bonds is 10. The Bertz CT molecular complexity index is 1060. The highest BCUT2D eigenvalue weighted by atomic mass is 16.5. The van der Waals surface area contributed by atoms with Crippen molar-refractivity contribution in [3.8, 4) is 11.5 Å². The van der Waals surface area contributed by atoms with Crippen LogP contribution in [-0.4, -0.2) is 53.1 Å². The molecule has 3 N–H and O–H groups in total. The highest BCUT2D eigenvalue weighted by molar-refractivity contribution is 6.00. The smallest absolute Gasteiger partial charge is 0.254 e. The zero-order chi connectivity index (χ0) is 26.1. The highest BCUT2D eigenvalue weighted by Crippen LogP contribution is 2.35. The minimum Gasteiger partial charge on any atom is -0.496 e. The van der Waals surface area contributed by atoms with Gasteiger partial charge in [-0.3, -0.25) is 14.4 Å². The maximum absolute atomic E-state index is 12.6. The molecule has 0 bridgehead atoms. The van der Waals surface area contributed by atoms with Crippen LogP contribution in [0.25, 0.3) is 5.57 Å². The molecule has 0 saturated heterocycles. The lowest BCUT2D eigenvalue weighted by Gasteiger charge is -2.18. The number of benzene rings is 2. The highest BCUT2D eigenvalue weighted by Gasteiger charge is 2.20. The summed E-state index contributed by atoms with van der Waals surface area (Å²) in [5.74, 6) is 0.461. The molecule has 0 fully saturated rings. The third kappa shape index (κ3) is 6.41. The summed E-state index contributed by atoms with van der Waals surface area (Å²) in [6.07, 6.45) is 3.71. The van der Waals surface area contributed by atoms with Gasteiger partial charge in [0.15, 0.2) is 0 Å². The molecule has 0 aliphatic rings. The number of ether oxygens (including phenoxy) is 2. The molecule has 8 heteroatoms. The van der Waals surface area contributed by atoms with Crippen LogP contribution in [-0.2, 0) is 4.79 Å². The Balaban J connectivity index is 2.73. The van der Waals surface area contributed by atoms with Crippen molar-refractivity contribution in [1.29, 1.82) is 0 Å². The van der Waals surface area contributed by atoms with Gasteiger partial charge in [-0.15, -0.1) is 0 Å². The Morgan fingerprint density at radius 1 is 0.771 bits per heavy atom. The minimum atomic E-state index is -0.261. The fourth-order valence-electron chi connectivity index (χ4n) is 4.04. The molecule has 0 aliphatic heterocycles. The Morgan fingerprint density at radius 2 is 1.23 bits per heavy atom. The van der Waals surface area contributed by atoms with E-state index in [1.54, 1.807) is 33.3 Å². The van der Waals surface area contributed by atoms with Gasteiger partial charge in [0.2, 0.25) is 5.91 Å². The molecule has 0 saturated carbocycles. The maximum atomic E-state index is 12.6. The monoisotopic (exact) mass is 481 g/mol. The van der Waals surface area contributed by atoms with Gasteiger partial charge < -0.3 is 25.4 Å². The predicted molar refractivity (Wildman–Crippen MR) is 137 cm³/mol. The van der Waals surface area contributed by atoms with E-state index in [2.05, 4.69) is 16.0 Å². The quantitative estimate of drug-likeness (QED) is 0.451. The number of aryl methyl sites for hydroxylation is 2. The standard InChI is InChI=1S/C27H35N3O5/c1-16-12-18(14-21(24(16)34-6)26(32)29-4)20(10-8-9-11-23(31)28-3)19-13-17(2)25(35-7)22(15-19)27(33)30-5/h10,12-15H,8-9,11H2,1-7H3,(H,28,31)(H,29,32)(H,30,33). The van der Waals surface area contributed by atoms with Crippen LogP contribution in [0.5, 0.6) is 11.5 Å². The van der Waals surface area contributed by atoms with E-state index in [4.69, 9.17) is 9.47 Å². The van der Waals surface area contributed by atoms with E-state index >= 15 is 0 Å². The summed E-state index contributed by atoms with van der Waals surface area (Å²) in [4.78, 5) is 36.9. The first kappa shape index (κ1) is 27.4. The van der Waals surface area contributed by atoms with E-state index in [1.807, 2.05) is 32.1 Å². The van der Waals surface area contributed by atoms with E-state index in [0.29, 0.717) is 41.9 Å². The molecule has 188 valence electrons. The van der Waals surface area contributed by atoms with Gasteiger partial charge in [-0.2, -0.15) is 0 Å². The summed E-state index contributed by atoms with van der Waals surface area (Å²) in [5, 5.41) is 7.96. The normalized spacial score (nSPS) is 10.3. The summed E-state index contributed by atoms with van der Waals surface area (Å²) < 4.78 is 11.0. The molecule has 8 nitrogen and oxygen atoms in total. The number of nitrogens with one attached hydrogen (secondary N) is 3. The van der Waals surface area contributed by atoms with Crippen molar-refractivity contribution in [2.24, 2.45) is 0 Å². The molecule has 2 rings (SSSR count). The van der Waals surface area contributed by atoms with Gasteiger partial charge in [0.1, 0.15) is 11.5 Å². The minimum absolute atomic E-state index is 0.0238. The predicted octanol–water partition coefficient (Wildman–Crippen LogP) is 3.39. The molecular weight excluding hydrogens is 446 g/mol.